The Bertz CT molecular complexity index is 897. The summed E-state index contributed by atoms with van der Waals surface area (Å²) in [5, 5.41) is 0. The van der Waals surface area contributed by atoms with Gasteiger partial charge < -0.3 is 9.47 Å². The Morgan fingerprint density at radius 1 is 0.889 bits per heavy atom. The summed E-state index contributed by atoms with van der Waals surface area (Å²) in [7, 11) is 0. The molecule has 1 unspecified atom stereocenters. The van der Waals surface area contributed by atoms with E-state index in [1.165, 1.54) is 75.5 Å². The summed E-state index contributed by atoms with van der Waals surface area (Å²) in [4.78, 5) is 21.4. The highest BCUT2D eigenvalue weighted by Crippen LogP contribution is 2.29. The highest BCUT2D eigenvalue weighted by molar-refractivity contribution is 5.65. The fourth-order valence-corrected chi connectivity index (χ4v) is 5.02. The van der Waals surface area contributed by atoms with Crippen LogP contribution in [-0.2, 0) is 17.6 Å². The lowest BCUT2D eigenvalue weighted by molar-refractivity contribution is 0.0973. The molecule has 0 N–H and O–H groups in total. The van der Waals surface area contributed by atoms with Crippen LogP contribution in [-0.4, -0.2) is 22.7 Å². The van der Waals surface area contributed by atoms with Gasteiger partial charge in [-0.25, -0.2) is 14.8 Å². The number of fused-ring (bicyclic) bond motifs is 1. The first-order valence-electron chi connectivity index (χ1n) is 14.5. The molecule has 36 heavy (non-hydrogen) atoms. The van der Waals surface area contributed by atoms with E-state index >= 15 is 0 Å². The van der Waals surface area contributed by atoms with Gasteiger partial charge >= 0.3 is 6.16 Å². The van der Waals surface area contributed by atoms with Gasteiger partial charge in [-0.3, -0.25) is 0 Å². The molecule has 0 amide bonds. The molecule has 0 bridgehead atoms. The Morgan fingerprint density at radius 2 is 1.56 bits per heavy atom. The predicted molar refractivity (Wildman–Crippen MR) is 146 cm³/mol. The average Bonchev–Trinajstić information content (AvgIpc) is 2.90. The Morgan fingerprint density at radius 3 is 2.28 bits per heavy atom. The van der Waals surface area contributed by atoms with Crippen molar-refractivity contribution in [1.29, 1.82) is 0 Å². The van der Waals surface area contributed by atoms with Crippen molar-refractivity contribution in [1.82, 2.24) is 9.97 Å². The zero-order valence-corrected chi connectivity index (χ0v) is 22.6. The lowest BCUT2D eigenvalue weighted by Gasteiger charge is -2.24. The van der Waals surface area contributed by atoms with Crippen LogP contribution in [0.25, 0.3) is 11.4 Å². The van der Waals surface area contributed by atoms with Crippen molar-refractivity contribution in [3.05, 3.63) is 41.7 Å². The second-order valence-corrected chi connectivity index (χ2v) is 10.3. The first-order valence-corrected chi connectivity index (χ1v) is 14.5. The summed E-state index contributed by atoms with van der Waals surface area (Å²) >= 11 is 0. The molecule has 5 heteroatoms. The maximum absolute atomic E-state index is 11.9. The number of benzene rings is 1. The number of aromatic nitrogens is 2. The summed E-state index contributed by atoms with van der Waals surface area (Å²) in [5.41, 5.74) is 3.44. The van der Waals surface area contributed by atoms with Crippen LogP contribution < -0.4 is 4.74 Å². The van der Waals surface area contributed by atoms with E-state index in [1.54, 1.807) is 12.1 Å². The van der Waals surface area contributed by atoms with Crippen LogP contribution in [0.5, 0.6) is 5.75 Å². The second-order valence-electron chi connectivity index (χ2n) is 10.3. The number of carbonyl (C=O) groups is 1. The van der Waals surface area contributed by atoms with Gasteiger partial charge in [0.05, 0.1) is 6.61 Å². The topological polar surface area (TPSA) is 61.3 Å². The third-order valence-electron chi connectivity index (χ3n) is 7.25. The zero-order valence-electron chi connectivity index (χ0n) is 22.6. The maximum Gasteiger partial charge on any atom is 0.513 e. The van der Waals surface area contributed by atoms with Gasteiger partial charge in [-0.15, -0.1) is 0 Å². The number of nitrogens with zero attached hydrogens (tertiary/aromatic N) is 2. The van der Waals surface area contributed by atoms with Crippen molar-refractivity contribution in [3.8, 4) is 17.1 Å². The van der Waals surface area contributed by atoms with Crippen LogP contribution in [0, 0.1) is 5.92 Å². The van der Waals surface area contributed by atoms with Crippen molar-refractivity contribution in [2.24, 2.45) is 5.92 Å². The standard InChI is InChI=1S/C31H46N2O3/c1-3-5-7-9-10-11-12-13-15-25-16-21-29-27(23-25)24-32-30(33-29)26-17-19-28(20-18-26)36-31(34)35-22-14-8-6-4-2/h17-20,24-25H,3-16,21-23H2,1-2H3. The van der Waals surface area contributed by atoms with E-state index in [0.29, 0.717) is 12.4 Å². The largest absolute Gasteiger partial charge is 0.513 e. The van der Waals surface area contributed by atoms with E-state index in [9.17, 15) is 4.79 Å². The lowest BCUT2D eigenvalue weighted by Crippen LogP contribution is -2.16. The second kappa shape index (κ2) is 16.3. The SMILES string of the molecule is CCCCCCCCCCC1CCc2nc(-c3ccc(OC(=O)OCCCCCC)cc3)ncc2C1. The zero-order chi connectivity index (χ0) is 25.4. The molecule has 1 aliphatic carbocycles. The van der Waals surface area contributed by atoms with Crippen LogP contribution in [0.3, 0.4) is 0 Å². The molecule has 0 spiro atoms. The number of carbonyl (C=O) groups excluding carboxylic acids is 1. The Hall–Kier alpha value is -2.43. The number of hydrogen-bond donors (Lipinski definition) is 0. The molecular weight excluding hydrogens is 448 g/mol. The first kappa shape index (κ1) is 28.1. The van der Waals surface area contributed by atoms with Crippen molar-refractivity contribution >= 4 is 6.16 Å². The monoisotopic (exact) mass is 494 g/mol. The van der Waals surface area contributed by atoms with E-state index in [2.05, 4.69) is 18.8 Å². The summed E-state index contributed by atoms with van der Waals surface area (Å²) in [6, 6.07) is 7.35. The molecule has 1 aromatic heterocycles. The van der Waals surface area contributed by atoms with Crippen LogP contribution >= 0.6 is 0 Å². The van der Waals surface area contributed by atoms with E-state index in [-0.39, 0.29) is 0 Å². The molecule has 0 saturated carbocycles. The molecule has 1 aliphatic rings. The van der Waals surface area contributed by atoms with Gasteiger partial charge in [-0.05, 0) is 61.4 Å². The molecule has 0 fully saturated rings. The van der Waals surface area contributed by atoms with E-state index in [1.807, 2.05) is 18.3 Å². The minimum atomic E-state index is -0.647. The summed E-state index contributed by atoms with van der Waals surface area (Å²) in [6.07, 6.45) is 21.4. The van der Waals surface area contributed by atoms with Crippen LogP contribution in [0.1, 0.15) is 115 Å². The Labute approximate surface area is 218 Å². The summed E-state index contributed by atoms with van der Waals surface area (Å²) in [6.45, 7) is 4.84. The van der Waals surface area contributed by atoms with Crippen molar-refractivity contribution in [2.75, 3.05) is 6.61 Å². The maximum atomic E-state index is 11.9. The molecule has 1 aromatic carbocycles. The highest BCUT2D eigenvalue weighted by Gasteiger charge is 2.20. The van der Waals surface area contributed by atoms with Gasteiger partial charge in [-0.2, -0.15) is 0 Å². The lowest BCUT2D eigenvalue weighted by atomic mass is 9.84. The van der Waals surface area contributed by atoms with E-state index < -0.39 is 6.16 Å². The van der Waals surface area contributed by atoms with E-state index in [0.717, 1.165) is 55.8 Å². The van der Waals surface area contributed by atoms with Gasteiger partial charge in [0.15, 0.2) is 5.82 Å². The Balaban J connectivity index is 1.40. The average molecular weight is 495 g/mol. The van der Waals surface area contributed by atoms with Crippen LogP contribution in [0.15, 0.2) is 30.5 Å². The molecule has 0 aliphatic heterocycles. The highest BCUT2D eigenvalue weighted by atomic mass is 16.7. The van der Waals surface area contributed by atoms with Gasteiger partial charge in [0, 0.05) is 17.5 Å². The van der Waals surface area contributed by atoms with Crippen molar-refractivity contribution in [3.63, 3.8) is 0 Å². The van der Waals surface area contributed by atoms with Gasteiger partial charge in [0.25, 0.3) is 0 Å². The predicted octanol–water partition coefficient (Wildman–Crippen LogP) is 8.88. The minimum Gasteiger partial charge on any atom is -0.434 e. The number of aryl methyl sites for hydroxylation is 1. The third-order valence-corrected chi connectivity index (χ3v) is 7.25. The number of ether oxygens (including phenoxy) is 2. The fraction of sp³-hybridized carbons (Fsp3) is 0.645. The van der Waals surface area contributed by atoms with Crippen LogP contribution in [0.2, 0.25) is 0 Å². The molecule has 0 saturated heterocycles. The third kappa shape index (κ3) is 9.91. The van der Waals surface area contributed by atoms with Crippen molar-refractivity contribution < 1.29 is 14.3 Å². The summed E-state index contributed by atoms with van der Waals surface area (Å²) < 4.78 is 10.4. The van der Waals surface area contributed by atoms with Gasteiger partial charge in [-0.1, -0.05) is 90.9 Å². The fourth-order valence-electron chi connectivity index (χ4n) is 5.02. The minimum absolute atomic E-state index is 0.403. The van der Waals surface area contributed by atoms with Crippen molar-refractivity contribution in [2.45, 2.75) is 117 Å². The van der Waals surface area contributed by atoms with Gasteiger partial charge in [0.2, 0.25) is 0 Å². The normalized spacial score (nSPS) is 14.9. The quantitative estimate of drug-likeness (QED) is 0.132. The number of rotatable bonds is 16. The molecule has 1 heterocycles. The molecule has 3 rings (SSSR count). The van der Waals surface area contributed by atoms with Crippen LogP contribution in [0.4, 0.5) is 4.79 Å². The molecule has 1 atom stereocenters. The molecule has 198 valence electrons. The summed E-state index contributed by atoms with van der Waals surface area (Å²) in [5.74, 6) is 1.98. The number of unbranched alkanes of at least 4 members (excludes halogenated alkanes) is 10. The molecular formula is C31H46N2O3. The molecule has 2 aromatic rings. The van der Waals surface area contributed by atoms with Gasteiger partial charge in [0.1, 0.15) is 5.75 Å². The number of hydrogen-bond acceptors (Lipinski definition) is 5. The Kier molecular flexibility index (Phi) is 12.8. The molecule has 0 radical (unpaired) electrons. The first-order chi connectivity index (χ1) is 17.7. The smallest absolute Gasteiger partial charge is 0.434 e. The van der Waals surface area contributed by atoms with E-state index in [4.69, 9.17) is 14.5 Å². The molecule has 5 nitrogen and oxygen atoms in total.